The smallest absolute Gasteiger partial charge is 0.324 e. The second-order valence-electron chi connectivity index (χ2n) is 3.73. The molecule has 9 heteroatoms. The fourth-order valence-corrected chi connectivity index (χ4v) is 1.47. The molecule has 0 aliphatic rings. The first-order valence-corrected chi connectivity index (χ1v) is 5.45. The van der Waals surface area contributed by atoms with Crippen LogP contribution in [0, 0.1) is 5.82 Å². The largest absolute Gasteiger partial charge is 0.409 e. The summed E-state index contributed by atoms with van der Waals surface area (Å²) in [7, 11) is 0. The zero-order chi connectivity index (χ0) is 14.5. The van der Waals surface area contributed by atoms with E-state index in [0.29, 0.717) is 0 Å². The number of aromatic amines is 1. The molecule has 2 amide bonds. The van der Waals surface area contributed by atoms with Crippen LogP contribution in [0.4, 0.5) is 20.7 Å². The average Bonchev–Trinajstić information content (AvgIpc) is 2.85. The maximum atomic E-state index is 13.0. The van der Waals surface area contributed by atoms with E-state index in [1.807, 2.05) is 0 Å². The fraction of sp³-hybridized carbons (Fsp3) is 0. The predicted octanol–water partition coefficient (Wildman–Crippen LogP) is 1.29. The molecule has 2 rings (SSSR count). The Morgan fingerprint density at radius 2 is 2.25 bits per heavy atom. The molecule has 0 spiro atoms. The highest BCUT2D eigenvalue weighted by atomic mass is 19.1. The molecule has 104 valence electrons. The number of halogens is 1. The average molecular weight is 278 g/mol. The van der Waals surface area contributed by atoms with Crippen LogP contribution < -0.4 is 16.4 Å². The van der Waals surface area contributed by atoms with Crippen molar-refractivity contribution in [2.24, 2.45) is 10.9 Å². The van der Waals surface area contributed by atoms with Gasteiger partial charge in [0.05, 0.1) is 11.8 Å². The van der Waals surface area contributed by atoms with Crippen molar-refractivity contribution in [2.75, 3.05) is 10.6 Å². The van der Waals surface area contributed by atoms with Crippen LogP contribution in [0.5, 0.6) is 0 Å². The number of nitrogens with zero attached hydrogens (tertiary/aromatic N) is 2. The third kappa shape index (κ3) is 3.02. The lowest BCUT2D eigenvalue weighted by atomic mass is 10.3. The van der Waals surface area contributed by atoms with E-state index in [0.717, 1.165) is 6.07 Å². The van der Waals surface area contributed by atoms with Gasteiger partial charge in [0.25, 0.3) is 0 Å². The van der Waals surface area contributed by atoms with E-state index >= 15 is 0 Å². The Morgan fingerprint density at radius 3 is 2.95 bits per heavy atom. The molecule has 6 N–H and O–H groups in total. The molecule has 0 saturated carbocycles. The highest BCUT2D eigenvalue weighted by Crippen LogP contribution is 2.12. The van der Waals surface area contributed by atoms with Crippen molar-refractivity contribution in [1.82, 2.24) is 10.2 Å². The summed E-state index contributed by atoms with van der Waals surface area (Å²) in [6.45, 7) is 0. The molecule has 1 aromatic heterocycles. The van der Waals surface area contributed by atoms with Crippen LogP contribution in [-0.4, -0.2) is 27.3 Å². The minimum absolute atomic E-state index is 0.147. The van der Waals surface area contributed by atoms with E-state index in [-0.39, 0.29) is 22.9 Å². The first-order valence-electron chi connectivity index (χ1n) is 5.45. The van der Waals surface area contributed by atoms with Gasteiger partial charge >= 0.3 is 6.03 Å². The zero-order valence-corrected chi connectivity index (χ0v) is 10.1. The lowest BCUT2D eigenvalue weighted by Gasteiger charge is -2.07. The molecule has 0 unspecified atom stereocenters. The van der Waals surface area contributed by atoms with Gasteiger partial charge in [-0.3, -0.25) is 10.4 Å². The van der Waals surface area contributed by atoms with Gasteiger partial charge in [0.15, 0.2) is 5.84 Å². The van der Waals surface area contributed by atoms with Crippen LogP contribution in [0.25, 0.3) is 0 Å². The maximum absolute atomic E-state index is 13.0. The summed E-state index contributed by atoms with van der Waals surface area (Å²) in [4.78, 5) is 11.7. The highest BCUT2D eigenvalue weighted by Gasteiger charge is 2.12. The van der Waals surface area contributed by atoms with Crippen molar-refractivity contribution < 1.29 is 14.4 Å². The van der Waals surface area contributed by atoms with E-state index < -0.39 is 11.8 Å². The number of aromatic nitrogens is 2. The van der Waals surface area contributed by atoms with Crippen LogP contribution >= 0.6 is 0 Å². The van der Waals surface area contributed by atoms with Gasteiger partial charge in [0, 0.05) is 5.69 Å². The van der Waals surface area contributed by atoms with Crippen molar-refractivity contribution in [2.45, 2.75) is 0 Å². The number of hydrogen-bond donors (Lipinski definition) is 5. The van der Waals surface area contributed by atoms with Crippen LogP contribution in [0.2, 0.25) is 0 Å². The van der Waals surface area contributed by atoms with Crippen LogP contribution in [0.3, 0.4) is 0 Å². The number of amides is 2. The molecular formula is C11H11FN6O2. The first-order chi connectivity index (χ1) is 9.60. The van der Waals surface area contributed by atoms with E-state index in [9.17, 15) is 9.18 Å². The van der Waals surface area contributed by atoms with Crippen molar-refractivity contribution in [3.05, 3.63) is 41.8 Å². The van der Waals surface area contributed by atoms with Crippen molar-refractivity contribution in [3.63, 3.8) is 0 Å². The number of urea groups is 1. The third-order valence-corrected chi connectivity index (χ3v) is 2.34. The van der Waals surface area contributed by atoms with Crippen LogP contribution in [0.1, 0.15) is 5.56 Å². The SMILES string of the molecule is NC(=NO)c1cn[nH]c1NC(=O)Nc1cccc(F)c1. The first kappa shape index (κ1) is 13.3. The molecule has 1 aromatic carbocycles. The Labute approximate surface area is 112 Å². The Kier molecular flexibility index (Phi) is 3.80. The lowest BCUT2D eigenvalue weighted by molar-refractivity contribution is 0.262. The Morgan fingerprint density at radius 1 is 1.45 bits per heavy atom. The third-order valence-electron chi connectivity index (χ3n) is 2.34. The second-order valence-corrected chi connectivity index (χ2v) is 3.73. The number of benzene rings is 1. The van der Waals surface area contributed by atoms with Gasteiger partial charge in [0.2, 0.25) is 0 Å². The number of anilines is 2. The summed E-state index contributed by atoms with van der Waals surface area (Å²) in [6, 6.07) is 4.78. The molecule has 20 heavy (non-hydrogen) atoms. The van der Waals surface area contributed by atoms with Crippen LogP contribution in [-0.2, 0) is 0 Å². The minimum atomic E-state index is -0.633. The molecule has 0 bridgehead atoms. The number of rotatable bonds is 3. The molecule has 0 saturated heterocycles. The number of carbonyl (C=O) groups is 1. The number of nitrogens with two attached hydrogens (primary N) is 1. The Bertz CT molecular complexity index is 654. The summed E-state index contributed by atoms with van der Waals surface area (Å²) in [5.74, 6) is -0.532. The van der Waals surface area contributed by atoms with Crippen molar-refractivity contribution in [1.29, 1.82) is 0 Å². The Balaban J connectivity index is 2.07. The minimum Gasteiger partial charge on any atom is -0.409 e. The molecule has 8 nitrogen and oxygen atoms in total. The predicted molar refractivity (Wildman–Crippen MR) is 70.1 cm³/mol. The standard InChI is InChI=1S/C11H11FN6O2/c12-6-2-1-3-7(4-6)15-11(19)16-10-8(5-14-17-10)9(13)18-20/h1-5,20H,(H2,13,18)(H3,14,15,16,17,19). The maximum Gasteiger partial charge on any atom is 0.324 e. The van der Waals surface area contributed by atoms with Gasteiger partial charge in [0.1, 0.15) is 11.6 Å². The van der Waals surface area contributed by atoms with Crippen molar-refractivity contribution >= 4 is 23.4 Å². The molecule has 1 heterocycles. The monoisotopic (exact) mass is 278 g/mol. The van der Waals surface area contributed by atoms with Gasteiger partial charge in [-0.25, -0.2) is 9.18 Å². The van der Waals surface area contributed by atoms with E-state index in [1.165, 1.54) is 24.4 Å². The molecule has 2 aromatic rings. The topological polar surface area (TPSA) is 128 Å². The fourth-order valence-electron chi connectivity index (χ4n) is 1.47. The molecular weight excluding hydrogens is 267 g/mol. The van der Waals surface area contributed by atoms with E-state index in [2.05, 4.69) is 26.0 Å². The number of amidine groups is 1. The number of hydrogen-bond acceptors (Lipinski definition) is 4. The second kappa shape index (κ2) is 5.69. The van der Waals surface area contributed by atoms with Gasteiger partial charge in [-0.15, -0.1) is 0 Å². The summed E-state index contributed by atoms with van der Waals surface area (Å²) >= 11 is 0. The normalized spacial score (nSPS) is 11.2. The van der Waals surface area contributed by atoms with Crippen molar-refractivity contribution in [3.8, 4) is 0 Å². The summed E-state index contributed by atoms with van der Waals surface area (Å²) in [5, 5.41) is 22.4. The van der Waals surface area contributed by atoms with E-state index in [1.54, 1.807) is 0 Å². The number of H-pyrrole nitrogens is 1. The molecule has 0 aliphatic carbocycles. The molecule has 0 atom stereocenters. The van der Waals surface area contributed by atoms with Crippen LogP contribution in [0.15, 0.2) is 35.6 Å². The number of carbonyl (C=O) groups excluding carboxylic acids is 1. The molecule has 0 aliphatic heterocycles. The van der Waals surface area contributed by atoms with Gasteiger partial charge in [-0.1, -0.05) is 11.2 Å². The number of oxime groups is 1. The van der Waals surface area contributed by atoms with Gasteiger partial charge in [-0.2, -0.15) is 5.10 Å². The summed E-state index contributed by atoms with van der Waals surface area (Å²) in [5.41, 5.74) is 5.91. The Hall–Kier alpha value is -3.10. The highest BCUT2D eigenvalue weighted by molar-refractivity contribution is 6.06. The van der Waals surface area contributed by atoms with Gasteiger partial charge in [-0.05, 0) is 18.2 Å². The molecule has 0 fully saturated rings. The summed E-state index contributed by atoms with van der Waals surface area (Å²) in [6.07, 6.45) is 1.28. The zero-order valence-electron chi connectivity index (χ0n) is 10.1. The van der Waals surface area contributed by atoms with Gasteiger partial charge < -0.3 is 16.3 Å². The number of nitrogens with one attached hydrogen (secondary N) is 3. The quantitative estimate of drug-likeness (QED) is 0.251. The van der Waals surface area contributed by atoms with E-state index in [4.69, 9.17) is 10.9 Å². The summed E-state index contributed by atoms with van der Waals surface area (Å²) < 4.78 is 13.0. The lowest BCUT2D eigenvalue weighted by Crippen LogP contribution is -2.22. The molecule has 0 radical (unpaired) electrons.